The van der Waals surface area contributed by atoms with Gasteiger partial charge in [0.15, 0.2) is 6.29 Å². The molecule has 3 nitrogen and oxygen atoms in total. The highest BCUT2D eigenvalue weighted by molar-refractivity contribution is 6.25. The number of carbonyl (C=O) groups excluding carboxylic acids is 2. The largest absolute Gasteiger partial charge is 0.295 e. The van der Waals surface area contributed by atoms with E-state index in [1.54, 1.807) is 0 Å². The summed E-state index contributed by atoms with van der Waals surface area (Å²) in [5.74, 6) is 0.363. The lowest BCUT2D eigenvalue weighted by molar-refractivity contribution is -0.130. The van der Waals surface area contributed by atoms with Crippen molar-refractivity contribution in [3.63, 3.8) is 0 Å². The van der Waals surface area contributed by atoms with E-state index in [0.29, 0.717) is 18.7 Å². The topological polar surface area (TPSA) is 37.4 Å². The molecule has 0 aromatic carbocycles. The molecule has 1 heterocycles. The van der Waals surface area contributed by atoms with E-state index < -0.39 is 0 Å². The van der Waals surface area contributed by atoms with Gasteiger partial charge in [-0.25, -0.2) is 0 Å². The Kier molecular flexibility index (Phi) is 3.41. The fourth-order valence-corrected chi connectivity index (χ4v) is 1.69. The van der Waals surface area contributed by atoms with E-state index in [1.807, 2.05) is 0 Å². The number of piperidine rings is 1. The smallest absolute Gasteiger partial charge is 0.209 e. The lowest BCUT2D eigenvalue weighted by Gasteiger charge is -2.29. The van der Waals surface area contributed by atoms with E-state index in [4.69, 9.17) is 0 Å². The number of hydrogen-bond acceptors (Lipinski definition) is 3. The van der Waals surface area contributed by atoms with Crippen molar-refractivity contribution in [3.05, 3.63) is 0 Å². The van der Waals surface area contributed by atoms with E-state index in [2.05, 4.69) is 11.8 Å². The van der Waals surface area contributed by atoms with E-state index >= 15 is 0 Å². The molecule has 0 N–H and O–H groups in total. The summed E-state index contributed by atoms with van der Waals surface area (Å²) in [6.07, 6.45) is 2.80. The maximum atomic E-state index is 10.8. The van der Waals surface area contributed by atoms with Gasteiger partial charge < -0.3 is 0 Å². The standard InChI is InChI=1S/C9H15NO2/c1-8-3-2-4-10(5-8)6-9(12)7-11/h7-8H,2-6H2,1H3. The Balaban J connectivity index is 2.31. The summed E-state index contributed by atoms with van der Waals surface area (Å²) in [6, 6.07) is 0. The number of aldehydes is 1. The van der Waals surface area contributed by atoms with Crippen molar-refractivity contribution >= 4 is 12.1 Å². The Bertz CT molecular complexity index is 179. The van der Waals surface area contributed by atoms with Crippen molar-refractivity contribution in [2.75, 3.05) is 19.6 Å². The number of Topliss-reactive ketones (excluding diaryl/α,β-unsaturated/α-hetero) is 1. The number of carbonyl (C=O) groups is 2. The van der Waals surface area contributed by atoms with E-state index in [0.717, 1.165) is 19.5 Å². The van der Waals surface area contributed by atoms with Gasteiger partial charge in [0, 0.05) is 6.54 Å². The SMILES string of the molecule is CC1CCCN(CC(=O)C=O)C1. The van der Waals surface area contributed by atoms with Crippen molar-refractivity contribution in [2.45, 2.75) is 19.8 Å². The Hall–Kier alpha value is -0.700. The minimum atomic E-state index is -0.302. The Morgan fingerprint density at radius 1 is 1.67 bits per heavy atom. The van der Waals surface area contributed by atoms with Crippen LogP contribution in [0, 0.1) is 5.92 Å². The molecule has 1 rings (SSSR count). The minimum Gasteiger partial charge on any atom is -0.295 e. The van der Waals surface area contributed by atoms with Gasteiger partial charge in [-0.05, 0) is 25.3 Å². The molecule has 0 saturated carbocycles. The van der Waals surface area contributed by atoms with Crippen molar-refractivity contribution in [3.8, 4) is 0 Å². The Morgan fingerprint density at radius 3 is 3.00 bits per heavy atom. The van der Waals surface area contributed by atoms with Crippen LogP contribution in [0.15, 0.2) is 0 Å². The highest BCUT2D eigenvalue weighted by Crippen LogP contribution is 2.14. The molecule has 0 bridgehead atoms. The van der Waals surface area contributed by atoms with Gasteiger partial charge in [0.25, 0.3) is 0 Å². The van der Waals surface area contributed by atoms with Gasteiger partial charge in [0.2, 0.25) is 5.78 Å². The summed E-state index contributed by atoms with van der Waals surface area (Å²) in [6.45, 7) is 4.41. The molecule has 0 aromatic rings. The van der Waals surface area contributed by atoms with Crippen molar-refractivity contribution < 1.29 is 9.59 Å². The molecule has 1 fully saturated rings. The summed E-state index contributed by atoms with van der Waals surface area (Å²) in [5, 5.41) is 0. The summed E-state index contributed by atoms with van der Waals surface area (Å²) in [5.41, 5.74) is 0. The highest BCUT2D eigenvalue weighted by atomic mass is 16.2. The molecule has 0 amide bonds. The van der Waals surface area contributed by atoms with Crippen molar-refractivity contribution in [1.82, 2.24) is 4.90 Å². The molecule has 1 saturated heterocycles. The molecule has 1 atom stereocenters. The third-order valence-electron chi connectivity index (χ3n) is 2.25. The number of likely N-dealkylation sites (tertiary alicyclic amines) is 1. The summed E-state index contributed by atoms with van der Waals surface area (Å²) >= 11 is 0. The molecule has 1 unspecified atom stereocenters. The Morgan fingerprint density at radius 2 is 2.42 bits per heavy atom. The second-order valence-corrected chi connectivity index (χ2v) is 3.57. The zero-order chi connectivity index (χ0) is 8.97. The fourth-order valence-electron chi connectivity index (χ4n) is 1.69. The van der Waals surface area contributed by atoms with Crippen LogP contribution >= 0.6 is 0 Å². The number of nitrogens with zero attached hydrogens (tertiary/aromatic N) is 1. The van der Waals surface area contributed by atoms with Gasteiger partial charge in [-0.1, -0.05) is 6.92 Å². The highest BCUT2D eigenvalue weighted by Gasteiger charge is 2.17. The molecule has 1 aliphatic rings. The van der Waals surface area contributed by atoms with Crippen LogP contribution in [0.1, 0.15) is 19.8 Å². The lowest BCUT2D eigenvalue weighted by Crippen LogP contribution is -2.38. The predicted octanol–water partition coefficient (Wildman–Crippen LogP) is 0.486. The molecule has 1 aliphatic heterocycles. The van der Waals surface area contributed by atoms with Crippen LogP contribution in [-0.2, 0) is 9.59 Å². The lowest BCUT2D eigenvalue weighted by atomic mass is 10.0. The number of hydrogen-bond donors (Lipinski definition) is 0. The van der Waals surface area contributed by atoms with Crippen LogP contribution in [-0.4, -0.2) is 36.6 Å². The molecule has 0 radical (unpaired) electrons. The molecule has 0 aromatic heterocycles. The molecule has 68 valence electrons. The van der Waals surface area contributed by atoms with Crippen LogP contribution in [0.2, 0.25) is 0 Å². The molecule has 0 spiro atoms. The van der Waals surface area contributed by atoms with Crippen LogP contribution in [0.4, 0.5) is 0 Å². The first-order valence-electron chi connectivity index (χ1n) is 4.42. The van der Waals surface area contributed by atoms with Crippen LogP contribution < -0.4 is 0 Å². The van der Waals surface area contributed by atoms with Crippen molar-refractivity contribution in [1.29, 1.82) is 0 Å². The van der Waals surface area contributed by atoms with Crippen LogP contribution in [0.5, 0.6) is 0 Å². The third kappa shape index (κ3) is 2.74. The average Bonchev–Trinajstić information content (AvgIpc) is 2.04. The Labute approximate surface area is 72.7 Å². The first-order chi connectivity index (χ1) is 5.72. The fraction of sp³-hybridized carbons (Fsp3) is 0.778. The van der Waals surface area contributed by atoms with Crippen LogP contribution in [0.25, 0.3) is 0 Å². The second kappa shape index (κ2) is 4.36. The zero-order valence-electron chi connectivity index (χ0n) is 7.45. The first-order valence-corrected chi connectivity index (χ1v) is 4.42. The van der Waals surface area contributed by atoms with Gasteiger partial charge in [0.05, 0.1) is 6.54 Å². The first kappa shape index (κ1) is 9.39. The van der Waals surface area contributed by atoms with E-state index in [1.165, 1.54) is 6.42 Å². The van der Waals surface area contributed by atoms with Gasteiger partial charge in [-0.2, -0.15) is 0 Å². The maximum Gasteiger partial charge on any atom is 0.209 e. The third-order valence-corrected chi connectivity index (χ3v) is 2.25. The van der Waals surface area contributed by atoms with Crippen LogP contribution in [0.3, 0.4) is 0 Å². The van der Waals surface area contributed by atoms with E-state index in [-0.39, 0.29) is 5.78 Å². The molecule has 3 heteroatoms. The summed E-state index contributed by atoms with van der Waals surface area (Å²) in [7, 11) is 0. The summed E-state index contributed by atoms with van der Waals surface area (Å²) in [4.78, 5) is 22.9. The quantitative estimate of drug-likeness (QED) is 0.455. The molecular formula is C9H15NO2. The van der Waals surface area contributed by atoms with Gasteiger partial charge >= 0.3 is 0 Å². The monoisotopic (exact) mass is 169 g/mol. The number of rotatable bonds is 3. The van der Waals surface area contributed by atoms with Gasteiger partial charge in [-0.3, -0.25) is 14.5 Å². The predicted molar refractivity (Wildman–Crippen MR) is 45.9 cm³/mol. The normalized spacial score (nSPS) is 25.2. The van der Waals surface area contributed by atoms with Gasteiger partial charge in [0.1, 0.15) is 0 Å². The molecule has 0 aliphatic carbocycles. The van der Waals surface area contributed by atoms with Gasteiger partial charge in [-0.15, -0.1) is 0 Å². The zero-order valence-corrected chi connectivity index (χ0v) is 7.45. The summed E-state index contributed by atoms with van der Waals surface area (Å²) < 4.78 is 0. The average molecular weight is 169 g/mol. The second-order valence-electron chi connectivity index (χ2n) is 3.57. The molecule has 12 heavy (non-hydrogen) atoms. The maximum absolute atomic E-state index is 10.8. The molecular weight excluding hydrogens is 154 g/mol. The number of ketones is 1. The minimum absolute atomic E-state index is 0.302. The van der Waals surface area contributed by atoms with E-state index in [9.17, 15) is 9.59 Å². The van der Waals surface area contributed by atoms with Crippen molar-refractivity contribution in [2.24, 2.45) is 5.92 Å².